The van der Waals surface area contributed by atoms with Crippen LogP contribution in [0.2, 0.25) is 0 Å². The highest BCUT2D eigenvalue weighted by molar-refractivity contribution is 7.86. The molecule has 1 aromatic carbocycles. The Bertz CT molecular complexity index is 544. The number of aryl methyl sites for hydroxylation is 1. The highest BCUT2D eigenvalue weighted by Gasteiger charge is 2.13. The van der Waals surface area contributed by atoms with Gasteiger partial charge in [-0.05, 0) is 19.0 Å². The van der Waals surface area contributed by atoms with Gasteiger partial charge in [-0.1, -0.05) is 23.6 Å². The zero-order chi connectivity index (χ0) is 12.3. The molecule has 0 N–H and O–H groups in total. The smallest absolute Gasteiger partial charge is 0.253 e. The molecular formula is C10H10O3S. The van der Waals surface area contributed by atoms with Crippen molar-refractivity contribution in [2.24, 2.45) is 0 Å². The molecule has 0 saturated carbocycles. The summed E-state index contributed by atoms with van der Waals surface area (Å²) in [6, 6.07) is 2.18. The number of rotatable bonds is 3. The number of terminal acetylenes is 1. The van der Waals surface area contributed by atoms with Crippen LogP contribution in [0.4, 0.5) is 0 Å². The van der Waals surface area contributed by atoms with Gasteiger partial charge in [-0.2, -0.15) is 8.42 Å². The van der Waals surface area contributed by atoms with Crippen molar-refractivity contribution in [1.29, 1.82) is 0 Å². The molecule has 0 unspecified atom stereocenters. The van der Waals surface area contributed by atoms with Gasteiger partial charge in [0.25, 0.3) is 10.1 Å². The molecule has 0 heterocycles. The average molecular weight is 212 g/mol. The van der Waals surface area contributed by atoms with E-state index < -0.39 is 10.1 Å². The van der Waals surface area contributed by atoms with Crippen molar-refractivity contribution >= 4 is 10.1 Å². The Morgan fingerprint density at radius 3 is 2.93 bits per heavy atom. The minimum Gasteiger partial charge on any atom is -0.253 e. The van der Waals surface area contributed by atoms with Crippen LogP contribution < -0.4 is 0 Å². The molecule has 74 valence electrons. The summed E-state index contributed by atoms with van der Waals surface area (Å²) in [5, 5.41) is 0. The zero-order valence-electron chi connectivity index (χ0n) is 9.57. The van der Waals surface area contributed by atoms with E-state index in [-0.39, 0.29) is 23.6 Å². The summed E-state index contributed by atoms with van der Waals surface area (Å²) in [7, 11) is -4.04. The molecule has 0 atom stereocenters. The molecule has 1 rings (SSSR count). The van der Waals surface area contributed by atoms with Crippen molar-refractivity contribution in [2.45, 2.75) is 11.8 Å². The van der Waals surface area contributed by atoms with Crippen LogP contribution in [0.1, 0.15) is 8.30 Å². The first kappa shape index (κ1) is 8.04. The van der Waals surface area contributed by atoms with Crippen LogP contribution in [-0.2, 0) is 14.3 Å². The molecule has 0 saturated heterocycles. The third-order valence-corrected chi connectivity index (χ3v) is 2.64. The fourth-order valence-corrected chi connectivity index (χ4v) is 1.53. The molecule has 0 aliphatic carbocycles. The molecule has 4 heteroatoms. The minimum absolute atomic E-state index is 0.134. The lowest BCUT2D eigenvalue weighted by Crippen LogP contribution is -2.06. The van der Waals surface area contributed by atoms with Gasteiger partial charge < -0.3 is 0 Å². The van der Waals surface area contributed by atoms with Gasteiger partial charge in [0.05, 0.1) is 7.64 Å². The standard InChI is InChI=1S/C10H10O3S/c1-3-8-13-14(11,12)10-6-4-9(2)5-7-10/h1,4-7H,8H2,2H3/i4D,6D. The van der Waals surface area contributed by atoms with Crippen LogP contribution in [0, 0.1) is 19.3 Å². The second-order valence-corrected chi connectivity index (χ2v) is 4.13. The van der Waals surface area contributed by atoms with Crippen molar-refractivity contribution in [2.75, 3.05) is 6.61 Å². The summed E-state index contributed by atoms with van der Waals surface area (Å²) in [5.41, 5.74) is 0.529. The van der Waals surface area contributed by atoms with E-state index in [1.807, 2.05) is 5.92 Å². The van der Waals surface area contributed by atoms with Crippen molar-refractivity contribution in [1.82, 2.24) is 0 Å². The summed E-state index contributed by atoms with van der Waals surface area (Å²) in [4.78, 5) is -0.335. The number of hydrogen-bond donors (Lipinski definition) is 0. The Kier molecular flexibility index (Phi) is 2.45. The summed E-state index contributed by atoms with van der Waals surface area (Å²) in [6.45, 7) is 1.24. The van der Waals surface area contributed by atoms with E-state index in [0.29, 0.717) is 5.56 Å². The third kappa shape index (κ3) is 2.59. The van der Waals surface area contributed by atoms with Gasteiger partial charge in [0.15, 0.2) is 0 Å². The van der Waals surface area contributed by atoms with Gasteiger partial charge in [0, 0.05) is 0 Å². The van der Waals surface area contributed by atoms with Crippen molar-refractivity contribution in [3.63, 3.8) is 0 Å². The summed E-state index contributed by atoms with van der Waals surface area (Å²) < 4.78 is 42.6. The molecule has 0 fully saturated rings. The minimum atomic E-state index is -4.04. The third-order valence-electron chi connectivity index (χ3n) is 1.43. The summed E-state index contributed by atoms with van der Waals surface area (Å²) in [5.74, 6) is 2.03. The predicted molar refractivity (Wildman–Crippen MR) is 53.1 cm³/mol. The van der Waals surface area contributed by atoms with Crippen LogP contribution >= 0.6 is 0 Å². The van der Waals surface area contributed by atoms with E-state index in [4.69, 9.17) is 9.16 Å². The Balaban J connectivity index is 3.26. The second-order valence-electron chi connectivity index (χ2n) is 2.55. The summed E-state index contributed by atoms with van der Waals surface area (Å²) >= 11 is 0. The van der Waals surface area contributed by atoms with E-state index >= 15 is 0 Å². The molecule has 0 amide bonds. The van der Waals surface area contributed by atoms with Crippen LogP contribution in [0.25, 0.3) is 0 Å². The molecule has 1 aromatic rings. The van der Waals surface area contributed by atoms with Crippen LogP contribution in [0.15, 0.2) is 29.1 Å². The molecule has 0 aliphatic heterocycles. The first-order chi connectivity index (χ1) is 7.40. The van der Waals surface area contributed by atoms with E-state index in [2.05, 4.69) is 4.18 Å². The van der Waals surface area contributed by atoms with Crippen LogP contribution in [-0.4, -0.2) is 15.0 Å². The van der Waals surface area contributed by atoms with Gasteiger partial charge in [0.2, 0.25) is 0 Å². The fourth-order valence-electron chi connectivity index (χ4n) is 0.765. The van der Waals surface area contributed by atoms with E-state index in [9.17, 15) is 8.42 Å². The van der Waals surface area contributed by atoms with Crippen molar-refractivity contribution in [3.8, 4) is 12.3 Å². The van der Waals surface area contributed by atoms with Gasteiger partial charge in [-0.25, -0.2) is 0 Å². The van der Waals surface area contributed by atoms with Gasteiger partial charge in [0.1, 0.15) is 6.61 Å². The Hall–Kier alpha value is -1.31. The Morgan fingerprint density at radius 2 is 2.29 bits per heavy atom. The second kappa shape index (κ2) is 4.27. The molecule has 0 spiro atoms. The van der Waals surface area contributed by atoms with E-state index in [1.165, 1.54) is 12.1 Å². The normalized spacial score (nSPS) is 12.9. The molecular weight excluding hydrogens is 200 g/mol. The quantitative estimate of drug-likeness (QED) is 0.561. The maximum absolute atomic E-state index is 11.6. The number of hydrogen-bond acceptors (Lipinski definition) is 3. The largest absolute Gasteiger partial charge is 0.297 e. The molecule has 0 aromatic heterocycles. The van der Waals surface area contributed by atoms with Crippen LogP contribution in [0.3, 0.4) is 0 Å². The maximum Gasteiger partial charge on any atom is 0.297 e. The topological polar surface area (TPSA) is 43.4 Å². The van der Waals surface area contributed by atoms with Gasteiger partial charge in [-0.15, -0.1) is 6.42 Å². The lowest BCUT2D eigenvalue weighted by molar-refractivity contribution is 0.363. The van der Waals surface area contributed by atoms with Crippen molar-refractivity contribution in [3.05, 3.63) is 29.8 Å². The zero-order valence-corrected chi connectivity index (χ0v) is 8.39. The lowest BCUT2D eigenvalue weighted by atomic mass is 10.2. The van der Waals surface area contributed by atoms with E-state index in [0.717, 1.165) is 0 Å². The molecule has 0 radical (unpaired) electrons. The molecule has 3 nitrogen and oxygen atoms in total. The van der Waals surface area contributed by atoms with E-state index in [1.54, 1.807) is 6.92 Å². The molecule has 0 bridgehead atoms. The highest BCUT2D eigenvalue weighted by atomic mass is 32.2. The molecule has 14 heavy (non-hydrogen) atoms. The molecule has 0 aliphatic rings. The maximum atomic E-state index is 11.6. The average Bonchev–Trinajstić information content (AvgIpc) is 2.23. The first-order valence-corrected chi connectivity index (χ1v) is 5.20. The van der Waals surface area contributed by atoms with Crippen LogP contribution in [0.5, 0.6) is 0 Å². The summed E-state index contributed by atoms with van der Waals surface area (Å²) in [6.07, 6.45) is 4.88. The number of benzene rings is 1. The SMILES string of the molecule is [2H]c1c(C)ccc(S(=O)(=O)OCC#C)c1[2H]. The monoisotopic (exact) mass is 212 g/mol. The first-order valence-electron chi connectivity index (χ1n) is 4.80. The lowest BCUT2D eigenvalue weighted by Gasteiger charge is -2.02. The Morgan fingerprint density at radius 1 is 1.57 bits per heavy atom. The van der Waals surface area contributed by atoms with Gasteiger partial charge in [-0.3, -0.25) is 4.18 Å². The predicted octanol–water partition coefficient (Wildman–Crippen LogP) is 1.33. The Labute approximate surface area is 86.6 Å². The highest BCUT2D eigenvalue weighted by Crippen LogP contribution is 2.12. The van der Waals surface area contributed by atoms with Gasteiger partial charge >= 0.3 is 0 Å². The van der Waals surface area contributed by atoms with Crippen molar-refractivity contribution < 1.29 is 15.3 Å². The fraction of sp³-hybridized carbons (Fsp3) is 0.200.